The smallest absolute Gasteiger partial charge is 0.225 e. The first-order valence-electron chi connectivity index (χ1n) is 10.4. The van der Waals surface area contributed by atoms with Crippen LogP contribution in [0.3, 0.4) is 0 Å². The lowest BCUT2D eigenvalue weighted by Crippen LogP contribution is -2.53. The maximum absolute atomic E-state index is 9.48. The Bertz CT molecular complexity index is 837. The van der Waals surface area contributed by atoms with Crippen LogP contribution in [0.4, 0.5) is 5.95 Å². The zero-order chi connectivity index (χ0) is 21.2. The van der Waals surface area contributed by atoms with Crippen LogP contribution in [0, 0.1) is 0 Å². The molecule has 0 spiro atoms. The predicted molar refractivity (Wildman–Crippen MR) is 117 cm³/mol. The van der Waals surface area contributed by atoms with E-state index in [0.29, 0.717) is 5.95 Å². The molecule has 0 radical (unpaired) electrons. The van der Waals surface area contributed by atoms with Gasteiger partial charge in [-0.2, -0.15) is 0 Å². The minimum atomic E-state index is -0.484. The molecular weight excluding hydrogens is 364 g/mol. The van der Waals surface area contributed by atoms with Gasteiger partial charge in [0.25, 0.3) is 0 Å². The van der Waals surface area contributed by atoms with E-state index in [2.05, 4.69) is 42.8 Å². The fraction of sp³-hybridized carbons (Fsp3) is 0.565. The molecule has 3 N–H and O–H groups in total. The molecular formula is C23H34N4O2. The molecule has 1 fully saturated rings. The van der Waals surface area contributed by atoms with Gasteiger partial charge in [0.05, 0.1) is 18.4 Å². The van der Waals surface area contributed by atoms with E-state index in [1.54, 1.807) is 0 Å². The van der Waals surface area contributed by atoms with Gasteiger partial charge in [0, 0.05) is 36.0 Å². The monoisotopic (exact) mass is 398 g/mol. The van der Waals surface area contributed by atoms with Crippen LogP contribution in [0.2, 0.25) is 0 Å². The van der Waals surface area contributed by atoms with Crippen LogP contribution in [0.5, 0.6) is 5.75 Å². The molecule has 3 rings (SSSR count). The fourth-order valence-electron chi connectivity index (χ4n) is 3.60. The van der Waals surface area contributed by atoms with Gasteiger partial charge in [0.2, 0.25) is 5.95 Å². The van der Waals surface area contributed by atoms with Crippen LogP contribution in [0.1, 0.15) is 53.0 Å². The Hall–Kier alpha value is -2.18. The fourth-order valence-corrected chi connectivity index (χ4v) is 3.60. The third-order valence-corrected chi connectivity index (χ3v) is 5.45. The van der Waals surface area contributed by atoms with Crippen molar-refractivity contribution < 1.29 is 9.84 Å². The number of nitrogens with two attached hydrogens (primary N) is 1. The normalized spacial score (nSPS) is 16.9. The molecule has 0 aliphatic carbocycles. The number of piperidine rings is 1. The van der Waals surface area contributed by atoms with Crippen LogP contribution >= 0.6 is 0 Å². The Balaban J connectivity index is 1.89. The second-order valence-electron chi connectivity index (χ2n) is 9.38. The number of aliphatic hydroxyl groups is 1. The molecule has 1 aliphatic rings. The molecule has 0 unspecified atom stereocenters. The van der Waals surface area contributed by atoms with Gasteiger partial charge < -0.3 is 20.5 Å². The van der Waals surface area contributed by atoms with Gasteiger partial charge in [-0.3, -0.25) is 0 Å². The summed E-state index contributed by atoms with van der Waals surface area (Å²) in [5, 5.41) is 9.48. The van der Waals surface area contributed by atoms with Crippen molar-refractivity contribution in [3.05, 3.63) is 36.0 Å². The number of rotatable bonds is 5. The number of ether oxygens (including phenoxy) is 1. The molecule has 0 bridgehead atoms. The highest BCUT2D eigenvalue weighted by Gasteiger charge is 2.31. The Morgan fingerprint density at radius 1 is 1.21 bits per heavy atom. The minimum absolute atomic E-state index is 0.0160. The van der Waals surface area contributed by atoms with Gasteiger partial charge >= 0.3 is 0 Å². The highest BCUT2D eigenvalue weighted by Crippen LogP contribution is 2.35. The van der Waals surface area contributed by atoms with Crippen molar-refractivity contribution in [1.82, 2.24) is 9.97 Å². The van der Waals surface area contributed by atoms with Crippen molar-refractivity contribution >= 4 is 5.95 Å². The van der Waals surface area contributed by atoms with Crippen molar-refractivity contribution in [3.8, 4) is 17.0 Å². The minimum Gasteiger partial charge on any atom is -0.491 e. The van der Waals surface area contributed by atoms with Gasteiger partial charge in [0.1, 0.15) is 5.75 Å². The molecule has 1 aromatic heterocycles. The van der Waals surface area contributed by atoms with Crippen molar-refractivity contribution in [1.29, 1.82) is 0 Å². The number of hydrogen-bond donors (Lipinski definition) is 2. The Morgan fingerprint density at radius 3 is 2.48 bits per heavy atom. The summed E-state index contributed by atoms with van der Waals surface area (Å²) in [6, 6.07) is 8.23. The Kier molecular flexibility index (Phi) is 6.15. The Morgan fingerprint density at radius 2 is 1.90 bits per heavy atom. The third-order valence-electron chi connectivity index (χ3n) is 5.45. The van der Waals surface area contributed by atoms with E-state index in [4.69, 9.17) is 15.5 Å². The van der Waals surface area contributed by atoms with Crippen molar-refractivity contribution in [2.45, 2.75) is 64.5 Å². The molecule has 1 saturated heterocycles. The van der Waals surface area contributed by atoms with Crippen LogP contribution in [-0.2, 0) is 5.41 Å². The summed E-state index contributed by atoms with van der Waals surface area (Å²) in [6.45, 7) is 12.2. The van der Waals surface area contributed by atoms with Crippen LogP contribution < -0.4 is 15.4 Å². The second-order valence-corrected chi connectivity index (χ2v) is 9.38. The molecule has 29 heavy (non-hydrogen) atoms. The van der Waals surface area contributed by atoms with Crippen molar-refractivity contribution in [2.24, 2.45) is 5.73 Å². The first kappa shape index (κ1) is 21.5. The molecule has 6 nitrogen and oxygen atoms in total. The first-order valence-corrected chi connectivity index (χ1v) is 10.4. The van der Waals surface area contributed by atoms with E-state index in [1.807, 2.05) is 32.2 Å². The van der Waals surface area contributed by atoms with Gasteiger partial charge in [-0.15, -0.1) is 0 Å². The number of nitrogens with zero attached hydrogens (tertiary/aromatic N) is 3. The topological polar surface area (TPSA) is 84.5 Å². The average molecular weight is 399 g/mol. The van der Waals surface area contributed by atoms with E-state index in [1.165, 1.54) is 0 Å². The van der Waals surface area contributed by atoms with Crippen molar-refractivity contribution in [3.63, 3.8) is 0 Å². The molecule has 158 valence electrons. The summed E-state index contributed by atoms with van der Waals surface area (Å²) in [5.74, 6) is 1.63. The molecule has 0 amide bonds. The lowest BCUT2D eigenvalue weighted by molar-refractivity contribution is 0.169. The van der Waals surface area contributed by atoms with Gasteiger partial charge in [0.15, 0.2) is 0 Å². The van der Waals surface area contributed by atoms with E-state index in [9.17, 15) is 5.11 Å². The van der Waals surface area contributed by atoms with E-state index < -0.39 is 5.54 Å². The maximum Gasteiger partial charge on any atom is 0.225 e. The predicted octanol–water partition coefficient (Wildman–Crippen LogP) is 3.52. The summed E-state index contributed by atoms with van der Waals surface area (Å²) >= 11 is 0. The van der Waals surface area contributed by atoms with Gasteiger partial charge in [-0.05, 0) is 56.4 Å². The van der Waals surface area contributed by atoms with E-state index >= 15 is 0 Å². The van der Waals surface area contributed by atoms with Gasteiger partial charge in [-0.25, -0.2) is 9.97 Å². The van der Waals surface area contributed by atoms with Crippen LogP contribution in [0.25, 0.3) is 11.3 Å². The number of aliphatic hydroxyl groups excluding tert-OH is 1. The molecule has 0 atom stereocenters. The summed E-state index contributed by atoms with van der Waals surface area (Å²) in [7, 11) is 0. The zero-order valence-electron chi connectivity index (χ0n) is 18.3. The maximum atomic E-state index is 9.48. The number of anilines is 1. The standard InChI is InChI=1S/C23H34N4O2/c1-16(2)29-20-7-6-17(14-18(20)22(3,4)5)19-8-11-25-21(26-19)27-12-9-23(24,15-28)10-13-27/h6-8,11,14,16,28H,9-10,12-13,15,24H2,1-5H3. The average Bonchev–Trinajstić information content (AvgIpc) is 2.68. The Labute approximate surface area is 174 Å². The summed E-state index contributed by atoms with van der Waals surface area (Å²) in [4.78, 5) is 11.4. The van der Waals surface area contributed by atoms with E-state index in [-0.39, 0.29) is 18.1 Å². The molecule has 1 aliphatic heterocycles. The second kappa shape index (κ2) is 8.28. The number of hydrogen-bond acceptors (Lipinski definition) is 6. The largest absolute Gasteiger partial charge is 0.491 e. The molecule has 1 aromatic carbocycles. The highest BCUT2D eigenvalue weighted by molar-refractivity contribution is 5.64. The van der Waals surface area contributed by atoms with Crippen LogP contribution in [0.15, 0.2) is 30.5 Å². The molecule has 2 aromatic rings. The molecule has 2 heterocycles. The quantitative estimate of drug-likeness (QED) is 0.802. The zero-order valence-corrected chi connectivity index (χ0v) is 18.3. The number of aromatic nitrogens is 2. The van der Waals surface area contributed by atoms with Gasteiger partial charge in [-0.1, -0.05) is 20.8 Å². The first-order chi connectivity index (χ1) is 13.6. The number of benzene rings is 1. The summed E-state index contributed by atoms with van der Waals surface area (Å²) in [6.07, 6.45) is 3.39. The summed E-state index contributed by atoms with van der Waals surface area (Å²) < 4.78 is 6.04. The SMILES string of the molecule is CC(C)Oc1ccc(-c2ccnc(N3CCC(N)(CO)CC3)n2)cc1C(C)(C)C. The molecule has 6 heteroatoms. The van der Waals surface area contributed by atoms with Crippen molar-refractivity contribution in [2.75, 3.05) is 24.6 Å². The lowest BCUT2D eigenvalue weighted by Gasteiger charge is -2.38. The highest BCUT2D eigenvalue weighted by atomic mass is 16.5. The van der Waals surface area contributed by atoms with E-state index in [0.717, 1.165) is 48.5 Å². The van der Waals surface area contributed by atoms with Crippen LogP contribution in [-0.4, -0.2) is 46.4 Å². The third kappa shape index (κ3) is 5.06. The lowest BCUT2D eigenvalue weighted by atomic mass is 9.85. The molecule has 0 saturated carbocycles. The summed E-state index contributed by atoms with van der Waals surface area (Å²) in [5.41, 5.74) is 8.78.